The average Bonchev–Trinajstić information content (AvgIpc) is 3.46. The molecule has 1 N–H and O–H groups in total. The van der Waals surface area contributed by atoms with Crippen LogP contribution in [0.5, 0.6) is 5.75 Å². The summed E-state index contributed by atoms with van der Waals surface area (Å²) in [6, 6.07) is 7.64. The Bertz CT molecular complexity index is 831. The monoisotopic (exact) mass is 430 g/mol. The van der Waals surface area contributed by atoms with Gasteiger partial charge in [-0.2, -0.15) is 0 Å². The van der Waals surface area contributed by atoms with E-state index in [-0.39, 0.29) is 12.1 Å². The number of carbonyl (C=O) groups is 1. The van der Waals surface area contributed by atoms with E-state index in [1.54, 1.807) is 12.0 Å². The molecule has 1 saturated carbocycles. The molecule has 8 heteroatoms. The van der Waals surface area contributed by atoms with E-state index in [1.165, 1.54) is 43.4 Å². The SMILES string of the molecule is COc1cccc(CN(CC2CCCO2)C(=O)Nc2nnc(C3CCCCC3)s2)c1. The van der Waals surface area contributed by atoms with Gasteiger partial charge in [-0.15, -0.1) is 10.2 Å². The second kappa shape index (κ2) is 10.2. The highest BCUT2D eigenvalue weighted by Gasteiger charge is 2.25. The zero-order valence-electron chi connectivity index (χ0n) is 17.5. The van der Waals surface area contributed by atoms with Gasteiger partial charge in [0, 0.05) is 25.6 Å². The molecule has 30 heavy (non-hydrogen) atoms. The van der Waals surface area contributed by atoms with Gasteiger partial charge in [-0.1, -0.05) is 42.7 Å². The largest absolute Gasteiger partial charge is 0.497 e. The van der Waals surface area contributed by atoms with Crippen LogP contribution in [0.2, 0.25) is 0 Å². The van der Waals surface area contributed by atoms with Crippen LogP contribution >= 0.6 is 11.3 Å². The zero-order valence-corrected chi connectivity index (χ0v) is 18.3. The maximum Gasteiger partial charge on any atom is 0.324 e. The van der Waals surface area contributed by atoms with Gasteiger partial charge < -0.3 is 14.4 Å². The van der Waals surface area contributed by atoms with Gasteiger partial charge in [-0.05, 0) is 43.4 Å². The number of urea groups is 1. The Kier molecular flexibility index (Phi) is 7.17. The minimum atomic E-state index is -0.167. The van der Waals surface area contributed by atoms with Gasteiger partial charge in [-0.3, -0.25) is 5.32 Å². The van der Waals surface area contributed by atoms with E-state index in [0.29, 0.717) is 24.1 Å². The lowest BCUT2D eigenvalue weighted by atomic mass is 9.90. The summed E-state index contributed by atoms with van der Waals surface area (Å²) in [6.07, 6.45) is 8.25. The van der Waals surface area contributed by atoms with E-state index < -0.39 is 0 Å². The molecule has 1 aromatic carbocycles. The first kappa shape index (κ1) is 21.1. The van der Waals surface area contributed by atoms with Crippen LogP contribution in [0.25, 0.3) is 0 Å². The molecular weight excluding hydrogens is 400 g/mol. The fraction of sp³-hybridized carbons (Fsp3) is 0.591. The molecule has 4 rings (SSSR count). The van der Waals surface area contributed by atoms with Gasteiger partial charge in [0.2, 0.25) is 5.13 Å². The fourth-order valence-corrected chi connectivity index (χ4v) is 5.12. The lowest BCUT2D eigenvalue weighted by Crippen LogP contribution is -2.39. The fourth-order valence-electron chi connectivity index (χ4n) is 4.21. The van der Waals surface area contributed by atoms with Crippen molar-refractivity contribution in [3.8, 4) is 5.75 Å². The van der Waals surface area contributed by atoms with Gasteiger partial charge in [0.05, 0.1) is 13.2 Å². The smallest absolute Gasteiger partial charge is 0.324 e. The number of hydrogen-bond donors (Lipinski definition) is 1. The highest BCUT2D eigenvalue weighted by molar-refractivity contribution is 7.15. The first-order valence-corrected chi connectivity index (χ1v) is 11.7. The Hall–Kier alpha value is -2.19. The van der Waals surface area contributed by atoms with Crippen molar-refractivity contribution in [3.05, 3.63) is 34.8 Å². The van der Waals surface area contributed by atoms with Crippen LogP contribution in [-0.2, 0) is 11.3 Å². The summed E-state index contributed by atoms with van der Waals surface area (Å²) in [6.45, 7) is 1.80. The minimum absolute atomic E-state index is 0.0774. The first-order valence-electron chi connectivity index (χ1n) is 10.8. The number of rotatable bonds is 7. The van der Waals surface area contributed by atoms with Crippen LogP contribution < -0.4 is 10.1 Å². The number of amides is 2. The molecule has 1 aliphatic heterocycles. The topological polar surface area (TPSA) is 76.6 Å². The maximum absolute atomic E-state index is 13.1. The lowest BCUT2D eigenvalue weighted by Gasteiger charge is -2.25. The highest BCUT2D eigenvalue weighted by Crippen LogP contribution is 2.35. The van der Waals surface area contributed by atoms with Crippen LogP contribution in [-0.4, -0.2) is 47.5 Å². The van der Waals surface area contributed by atoms with Gasteiger partial charge in [0.15, 0.2) is 0 Å². The molecular formula is C22H30N4O3S. The summed E-state index contributed by atoms with van der Waals surface area (Å²) in [5.41, 5.74) is 1.02. The number of hydrogen-bond acceptors (Lipinski definition) is 6. The lowest BCUT2D eigenvalue weighted by molar-refractivity contribution is 0.0819. The second-order valence-corrected chi connectivity index (χ2v) is 9.09. The first-order chi connectivity index (χ1) is 14.7. The number of nitrogens with one attached hydrogen (secondary N) is 1. The zero-order chi connectivity index (χ0) is 20.8. The third-order valence-corrected chi connectivity index (χ3v) is 6.85. The van der Waals surface area contributed by atoms with Crippen molar-refractivity contribution in [2.45, 2.75) is 63.5 Å². The minimum Gasteiger partial charge on any atom is -0.497 e. The number of nitrogens with zero attached hydrogens (tertiary/aromatic N) is 3. The highest BCUT2D eigenvalue weighted by atomic mass is 32.1. The second-order valence-electron chi connectivity index (χ2n) is 8.08. The third kappa shape index (κ3) is 5.49. The van der Waals surface area contributed by atoms with Crippen molar-refractivity contribution in [1.82, 2.24) is 15.1 Å². The van der Waals surface area contributed by atoms with Crippen LogP contribution in [0, 0.1) is 0 Å². The summed E-state index contributed by atoms with van der Waals surface area (Å²) in [4.78, 5) is 14.9. The van der Waals surface area contributed by atoms with Crippen molar-refractivity contribution in [3.63, 3.8) is 0 Å². The summed E-state index contributed by atoms with van der Waals surface area (Å²) in [5, 5.41) is 13.2. The van der Waals surface area contributed by atoms with Gasteiger partial charge in [0.25, 0.3) is 0 Å². The summed E-state index contributed by atoms with van der Waals surface area (Å²) >= 11 is 1.51. The molecule has 1 saturated heterocycles. The number of aromatic nitrogens is 2. The third-order valence-electron chi connectivity index (χ3n) is 5.85. The summed E-state index contributed by atoms with van der Waals surface area (Å²) in [7, 11) is 1.65. The maximum atomic E-state index is 13.1. The van der Waals surface area contributed by atoms with Crippen molar-refractivity contribution >= 4 is 22.5 Å². The molecule has 1 aliphatic carbocycles. The molecule has 0 bridgehead atoms. The molecule has 2 fully saturated rings. The summed E-state index contributed by atoms with van der Waals surface area (Å²) < 4.78 is 11.1. The Morgan fingerprint density at radius 1 is 1.23 bits per heavy atom. The standard InChI is InChI=1S/C22H30N4O3S/c1-28-18-10-5-7-16(13-18)14-26(15-19-11-6-12-29-19)22(27)23-21-25-24-20(30-21)17-8-3-2-4-9-17/h5,7,10,13,17,19H,2-4,6,8-9,11-12,14-15H2,1H3,(H,23,25,27). The Labute approximate surface area is 181 Å². The molecule has 2 amide bonds. The van der Waals surface area contributed by atoms with E-state index in [4.69, 9.17) is 9.47 Å². The number of ether oxygens (including phenoxy) is 2. The normalized spacial score (nSPS) is 19.6. The number of methoxy groups -OCH3 is 1. The van der Waals surface area contributed by atoms with Crippen molar-refractivity contribution in [2.24, 2.45) is 0 Å². The van der Waals surface area contributed by atoms with Gasteiger partial charge in [0.1, 0.15) is 10.8 Å². The average molecular weight is 431 g/mol. The summed E-state index contributed by atoms with van der Waals surface area (Å²) in [5.74, 6) is 1.27. The van der Waals surface area contributed by atoms with Crippen molar-refractivity contribution in [2.75, 3.05) is 25.6 Å². The molecule has 1 aromatic heterocycles. The van der Waals surface area contributed by atoms with E-state index >= 15 is 0 Å². The van der Waals surface area contributed by atoms with Crippen molar-refractivity contribution < 1.29 is 14.3 Å². The molecule has 2 aliphatic rings. The Morgan fingerprint density at radius 3 is 2.87 bits per heavy atom. The number of carbonyl (C=O) groups excluding carboxylic acids is 1. The van der Waals surface area contributed by atoms with Crippen LogP contribution in [0.4, 0.5) is 9.93 Å². The number of anilines is 1. The quantitative estimate of drug-likeness (QED) is 0.682. The molecule has 1 unspecified atom stereocenters. The van der Waals surface area contributed by atoms with Crippen LogP contribution in [0.3, 0.4) is 0 Å². The van der Waals surface area contributed by atoms with Gasteiger partial charge in [-0.25, -0.2) is 4.79 Å². The molecule has 1 atom stereocenters. The molecule has 2 heterocycles. The molecule has 2 aromatic rings. The van der Waals surface area contributed by atoms with Crippen molar-refractivity contribution in [1.29, 1.82) is 0 Å². The van der Waals surface area contributed by atoms with E-state index in [2.05, 4.69) is 15.5 Å². The molecule has 7 nitrogen and oxygen atoms in total. The van der Waals surface area contributed by atoms with Crippen LogP contribution in [0.1, 0.15) is 61.4 Å². The van der Waals surface area contributed by atoms with E-state index in [9.17, 15) is 4.79 Å². The van der Waals surface area contributed by atoms with E-state index in [0.717, 1.165) is 35.8 Å². The predicted molar refractivity (Wildman–Crippen MR) is 117 cm³/mol. The molecule has 0 spiro atoms. The Balaban J connectivity index is 1.43. The predicted octanol–water partition coefficient (Wildman–Crippen LogP) is 4.81. The Morgan fingerprint density at radius 2 is 2.10 bits per heavy atom. The molecule has 162 valence electrons. The number of benzene rings is 1. The molecule has 0 radical (unpaired) electrons. The van der Waals surface area contributed by atoms with Gasteiger partial charge >= 0.3 is 6.03 Å². The van der Waals surface area contributed by atoms with E-state index in [1.807, 2.05) is 24.3 Å². The van der Waals surface area contributed by atoms with Crippen LogP contribution in [0.15, 0.2) is 24.3 Å².